The molecule has 0 saturated carbocycles. The van der Waals surface area contributed by atoms with Crippen molar-refractivity contribution in [3.05, 3.63) is 53.1 Å². The van der Waals surface area contributed by atoms with E-state index in [0.29, 0.717) is 0 Å². The van der Waals surface area contributed by atoms with Crippen molar-refractivity contribution in [2.75, 3.05) is 0 Å². The lowest BCUT2D eigenvalue weighted by molar-refractivity contribution is 0.0696. The van der Waals surface area contributed by atoms with Gasteiger partial charge < -0.3 is 10.8 Å². The Morgan fingerprint density at radius 1 is 1.37 bits per heavy atom. The third kappa shape index (κ3) is 2.76. The Morgan fingerprint density at radius 2 is 2.11 bits per heavy atom. The molecular weight excluding hydrogens is 253 g/mol. The molecule has 0 aliphatic heterocycles. The molecule has 0 aliphatic rings. The van der Waals surface area contributed by atoms with E-state index in [4.69, 9.17) is 10.8 Å². The predicted molar refractivity (Wildman–Crippen MR) is 63.2 cm³/mol. The summed E-state index contributed by atoms with van der Waals surface area (Å²) in [4.78, 5) is 21.7. The second-order valence-corrected chi connectivity index (χ2v) is 3.87. The first-order chi connectivity index (χ1) is 8.97. The molecular formula is C12H10FN3O3. The van der Waals surface area contributed by atoms with E-state index in [1.807, 2.05) is 0 Å². The lowest BCUT2D eigenvalue weighted by Crippen LogP contribution is -2.13. The summed E-state index contributed by atoms with van der Waals surface area (Å²) in [5.74, 6) is -2.36. The number of aromatic carboxylic acids is 1. The summed E-state index contributed by atoms with van der Waals surface area (Å²) in [5, 5.41) is 12.7. The third-order valence-corrected chi connectivity index (χ3v) is 2.52. The van der Waals surface area contributed by atoms with Crippen molar-refractivity contribution >= 4 is 11.9 Å². The Balaban J connectivity index is 2.29. The smallest absolute Gasteiger partial charge is 0.335 e. The maximum absolute atomic E-state index is 13.6. The molecule has 6 nitrogen and oxygen atoms in total. The Hall–Kier alpha value is -2.70. The van der Waals surface area contributed by atoms with Gasteiger partial charge in [0.25, 0.3) is 5.91 Å². The number of aromatic nitrogens is 2. The first-order valence-corrected chi connectivity index (χ1v) is 5.32. The van der Waals surface area contributed by atoms with Crippen LogP contribution in [-0.2, 0) is 6.54 Å². The largest absolute Gasteiger partial charge is 0.478 e. The molecule has 7 heteroatoms. The van der Waals surface area contributed by atoms with Crippen LogP contribution in [0.15, 0.2) is 30.5 Å². The number of carboxylic acid groups (broad SMARTS) is 1. The SMILES string of the molecule is NC(=O)c1ccn(Cc2cc(C(=O)O)ccc2F)n1. The van der Waals surface area contributed by atoms with Gasteiger partial charge in [-0.05, 0) is 24.3 Å². The summed E-state index contributed by atoms with van der Waals surface area (Å²) < 4.78 is 14.9. The van der Waals surface area contributed by atoms with Crippen molar-refractivity contribution in [3.8, 4) is 0 Å². The number of carbonyl (C=O) groups excluding carboxylic acids is 1. The van der Waals surface area contributed by atoms with Crippen LogP contribution in [0.2, 0.25) is 0 Å². The van der Waals surface area contributed by atoms with Gasteiger partial charge >= 0.3 is 5.97 Å². The van der Waals surface area contributed by atoms with Crippen LogP contribution in [0.4, 0.5) is 4.39 Å². The van der Waals surface area contributed by atoms with Crippen molar-refractivity contribution in [1.82, 2.24) is 9.78 Å². The maximum Gasteiger partial charge on any atom is 0.335 e. The fourth-order valence-electron chi connectivity index (χ4n) is 1.58. The standard InChI is InChI=1S/C12H10FN3O3/c13-9-2-1-7(12(18)19)5-8(9)6-16-4-3-10(15-16)11(14)17/h1-5H,6H2,(H2,14,17)(H,18,19). The zero-order valence-corrected chi connectivity index (χ0v) is 9.71. The lowest BCUT2D eigenvalue weighted by atomic mass is 10.1. The quantitative estimate of drug-likeness (QED) is 0.854. The summed E-state index contributed by atoms with van der Waals surface area (Å²) in [6.45, 7) is 0.0141. The minimum Gasteiger partial charge on any atom is -0.478 e. The molecule has 2 aromatic rings. The summed E-state index contributed by atoms with van der Waals surface area (Å²) in [6.07, 6.45) is 1.47. The van der Waals surface area contributed by atoms with E-state index < -0.39 is 17.7 Å². The van der Waals surface area contributed by atoms with Crippen molar-refractivity contribution in [2.24, 2.45) is 5.73 Å². The summed E-state index contributed by atoms with van der Waals surface area (Å²) in [6, 6.07) is 4.89. The fraction of sp³-hybridized carbons (Fsp3) is 0.0833. The number of nitrogens with two attached hydrogens (primary N) is 1. The lowest BCUT2D eigenvalue weighted by Gasteiger charge is -2.05. The number of amides is 1. The van der Waals surface area contributed by atoms with Crippen molar-refractivity contribution in [3.63, 3.8) is 0 Å². The van der Waals surface area contributed by atoms with E-state index in [-0.39, 0.29) is 23.4 Å². The van der Waals surface area contributed by atoms with Gasteiger partial charge in [-0.25, -0.2) is 9.18 Å². The molecule has 19 heavy (non-hydrogen) atoms. The number of benzene rings is 1. The highest BCUT2D eigenvalue weighted by atomic mass is 19.1. The van der Waals surface area contributed by atoms with Gasteiger partial charge in [-0.2, -0.15) is 5.10 Å². The zero-order valence-electron chi connectivity index (χ0n) is 9.71. The molecule has 2 rings (SSSR count). The van der Waals surface area contributed by atoms with E-state index in [2.05, 4.69) is 5.10 Å². The highest BCUT2D eigenvalue weighted by molar-refractivity contribution is 5.90. The van der Waals surface area contributed by atoms with E-state index >= 15 is 0 Å². The Bertz CT molecular complexity index is 651. The number of hydrogen-bond acceptors (Lipinski definition) is 3. The molecule has 0 bridgehead atoms. The molecule has 1 heterocycles. The van der Waals surface area contributed by atoms with Crippen LogP contribution >= 0.6 is 0 Å². The molecule has 1 aromatic carbocycles. The maximum atomic E-state index is 13.6. The molecule has 1 aromatic heterocycles. The number of halogens is 1. The van der Waals surface area contributed by atoms with Crippen LogP contribution in [0.25, 0.3) is 0 Å². The Kier molecular flexibility index (Phi) is 3.28. The van der Waals surface area contributed by atoms with E-state index in [1.165, 1.54) is 29.1 Å². The van der Waals surface area contributed by atoms with E-state index in [1.54, 1.807) is 0 Å². The third-order valence-electron chi connectivity index (χ3n) is 2.52. The van der Waals surface area contributed by atoms with Crippen molar-refractivity contribution in [1.29, 1.82) is 0 Å². The van der Waals surface area contributed by atoms with Gasteiger partial charge in [0.15, 0.2) is 0 Å². The molecule has 0 saturated heterocycles. The number of carboxylic acids is 1. The molecule has 0 fully saturated rings. The van der Waals surface area contributed by atoms with Crippen LogP contribution in [0.5, 0.6) is 0 Å². The Labute approximate surface area is 107 Å². The molecule has 0 radical (unpaired) electrons. The molecule has 98 valence electrons. The number of rotatable bonds is 4. The van der Waals surface area contributed by atoms with Crippen molar-refractivity contribution < 1.29 is 19.1 Å². The van der Waals surface area contributed by atoms with E-state index in [0.717, 1.165) is 6.07 Å². The average Bonchev–Trinajstić information content (AvgIpc) is 2.80. The number of nitrogens with zero attached hydrogens (tertiary/aromatic N) is 2. The van der Waals surface area contributed by atoms with Gasteiger partial charge in [0, 0.05) is 11.8 Å². The van der Waals surface area contributed by atoms with Gasteiger partial charge in [0.2, 0.25) is 0 Å². The average molecular weight is 263 g/mol. The number of primary amides is 1. The first kappa shape index (κ1) is 12.7. The van der Waals surface area contributed by atoms with Gasteiger partial charge in [0.1, 0.15) is 11.5 Å². The molecule has 0 aliphatic carbocycles. The molecule has 0 atom stereocenters. The molecule has 0 spiro atoms. The highest BCUT2D eigenvalue weighted by Gasteiger charge is 2.10. The topological polar surface area (TPSA) is 98.2 Å². The second-order valence-electron chi connectivity index (χ2n) is 3.87. The van der Waals surface area contributed by atoms with Crippen LogP contribution < -0.4 is 5.73 Å². The summed E-state index contributed by atoms with van der Waals surface area (Å²) >= 11 is 0. The minimum atomic E-state index is -1.14. The molecule has 1 amide bonds. The summed E-state index contributed by atoms with van der Waals surface area (Å²) in [7, 11) is 0. The first-order valence-electron chi connectivity index (χ1n) is 5.32. The van der Waals surface area contributed by atoms with Crippen LogP contribution in [0.3, 0.4) is 0 Å². The summed E-state index contributed by atoms with van der Waals surface area (Å²) in [5.41, 5.74) is 5.26. The number of hydrogen-bond donors (Lipinski definition) is 2. The van der Waals surface area contributed by atoms with Crippen LogP contribution in [0, 0.1) is 5.82 Å². The monoisotopic (exact) mass is 263 g/mol. The van der Waals surface area contributed by atoms with Gasteiger partial charge in [-0.3, -0.25) is 9.48 Å². The predicted octanol–water partition coefficient (Wildman–Crippen LogP) is 0.868. The minimum absolute atomic E-state index is 0.0141. The zero-order chi connectivity index (χ0) is 14.0. The van der Waals surface area contributed by atoms with Gasteiger partial charge in [-0.15, -0.1) is 0 Å². The fourth-order valence-corrected chi connectivity index (χ4v) is 1.58. The van der Waals surface area contributed by atoms with E-state index in [9.17, 15) is 14.0 Å². The number of carbonyl (C=O) groups is 2. The van der Waals surface area contributed by atoms with Gasteiger partial charge in [-0.1, -0.05) is 0 Å². The van der Waals surface area contributed by atoms with Crippen molar-refractivity contribution in [2.45, 2.75) is 6.54 Å². The Morgan fingerprint density at radius 3 is 2.68 bits per heavy atom. The normalized spacial score (nSPS) is 10.4. The van der Waals surface area contributed by atoms with Crippen LogP contribution in [-0.4, -0.2) is 26.8 Å². The molecule has 3 N–H and O–H groups in total. The van der Waals surface area contributed by atoms with Crippen LogP contribution in [0.1, 0.15) is 26.4 Å². The van der Waals surface area contributed by atoms with Gasteiger partial charge in [0.05, 0.1) is 12.1 Å². The highest BCUT2D eigenvalue weighted by Crippen LogP contribution is 2.12. The molecule has 0 unspecified atom stereocenters. The second kappa shape index (κ2) is 4.89.